The molecule has 1 aromatic heterocycles. The van der Waals surface area contributed by atoms with Crippen LogP contribution in [0.2, 0.25) is 0 Å². The Hall–Kier alpha value is -1.56. The first-order valence-corrected chi connectivity index (χ1v) is 8.25. The third-order valence-electron chi connectivity index (χ3n) is 3.90. The highest BCUT2D eigenvalue weighted by atomic mass is 32.1. The molecule has 0 saturated carbocycles. The van der Waals surface area contributed by atoms with Crippen LogP contribution in [0.25, 0.3) is 0 Å². The lowest BCUT2D eigenvalue weighted by atomic mass is 9.95. The summed E-state index contributed by atoms with van der Waals surface area (Å²) >= 11 is 1.76. The number of carbonyl (C=O) groups excluding carboxylic acids is 1. The molecule has 1 aliphatic heterocycles. The number of hydrogen-bond donors (Lipinski definition) is 2. The first-order valence-electron chi connectivity index (χ1n) is 7.37. The van der Waals surface area contributed by atoms with Gasteiger partial charge in [0.1, 0.15) is 0 Å². The molecular formula is C15H24N4OS. The number of aryl methyl sites for hydroxylation is 1. The van der Waals surface area contributed by atoms with Crippen molar-refractivity contribution in [1.29, 1.82) is 0 Å². The molecule has 0 aromatic carbocycles. The minimum Gasteiger partial charge on any atom is -0.370 e. The summed E-state index contributed by atoms with van der Waals surface area (Å²) in [5.41, 5.74) is 6.63. The Kier molecular flexibility index (Phi) is 5.61. The second kappa shape index (κ2) is 7.45. The smallest absolute Gasteiger partial charge is 0.217 e. The molecule has 21 heavy (non-hydrogen) atoms. The SMILES string of the molecule is CN=C(NCc1sccc1C)N1CCCC(CC(N)=O)C1. The molecule has 1 saturated heterocycles. The molecule has 0 aliphatic carbocycles. The van der Waals surface area contributed by atoms with E-state index in [9.17, 15) is 4.79 Å². The molecule has 1 aromatic rings. The van der Waals surface area contributed by atoms with Crippen LogP contribution in [0.4, 0.5) is 0 Å². The van der Waals surface area contributed by atoms with Gasteiger partial charge in [0.05, 0.1) is 6.54 Å². The maximum absolute atomic E-state index is 11.1. The third kappa shape index (κ3) is 4.46. The zero-order chi connectivity index (χ0) is 15.2. The Morgan fingerprint density at radius 3 is 3.05 bits per heavy atom. The molecule has 2 rings (SSSR count). The van der Waals surface area contributed by atoms with E-state index >= 15 is 0 Å². The average molecular weight is 308 g/mol. The summed E-state index contributed by atoms with van der Waals surface area (Å²) in [7, 11) is 1.81. The van der Waals surface area contributed by atoms with Crippen LogP contribution in [0.15, 0.2) is 16.4 Å². The van der Waals surface area contributed by atoms with Crippen LogP contribution < -0.4 is 11.1 Å². The van der Waals surface area contributed by atoms with Crippen molar-refractivity contribution in [2.45, 2.75) is 32.7 Å². The number of aliphatic imine (C=N–C) groups is 1. The molecule has 0 spiro atoms. The Morgan fingerprint density at radius 2 is 2.43 bits per heavy atom. The fourth-order valence-electron chi connectivity index (χ4n) is 2.79. The van der Waals surface area contributed by atoms with Gasteiger partial charge in [0.15, 0.2) is 5.96 Å². The van der Waals surface area contributed by atoms with E-state index in [0.717, 1.165) is 38.4 Å². The number of nitrogens with two attached hydrogens (primary N) is 1. The first-order chi connectivity index (χ1) is 10.1. The van der Waals surface area contributed by atoms with Crippen LogP contribution >= 0.6 is 11.3 Å². The molecule has 1 fully saturated rings. The molecule has 0 radical (unpaired) electrons. The number of guanidine groups is 1. The van der Waals surface area contributed by atoms with Crippen molar-refractivity contribution in [3.8, 4) is 0 Å². The molecule has 5 nitrogen and oxygen atoms in total. The van der Waals surface area contributed by atoms with Crippen LogP contribution in [0.1, 0.15) is 29.7 Å². The van der Waals surface area contributed by atoms with Gasteiger partial charge < -0.3 is 16.0 Å². The van der Waals surface area contributed by atoms with Gasteiger partial charge >= 0.3 is 0 Å². The van der Waals surface area contributed by atoms with Gasteiger partial charge in [-0.3, -0.25) is 9.79 Å². The number of piperidine rings is 1. The number of thiophene rings is 1. The molecular weight excluding hydrogens is 284 g/mol. The fraction of sp³-hybridized carbons (Fsp3) is 0.600. The van der Waals surface area contributed by atoms with E-state index in [1.54, 1.807) is 18.4 Å². The standard InChI is InChI=1S/C15H24N4OS/c1-11-5-7-21-13(11)9-18-15(17-2)19-6-3-4-12(10-19)8-14(16)20/h5,7,12H,3-4,6,8-10H2,1-2H3,(H2,16,20)(H,17,18). The number of carbonyl (C=O) groups is 1. The molecule has 6 heteroatoms. The highest BCUT2D eigenvalue weighted by Crippen LogP contribution is 2.20. The van der Waals surface area contributed by atoms with Crippen molar-refractivity contribution in [3.05, 3.63) is 21.9 Å². The maximum atomic E-state index is 11.1. The van der Waals surface area contributed by atoms with Gasteiger partial charge in [-0.25, -0.2) is 0 Å². The summed E-state index contributed by atoms with van der Waals surface area (Å²) in [6.07, 6.45) is 2.62. The minimum absolute atomic E-state index is 0.209. The van der Waals surface area contributed by atoms with Crippen molar-refractivity contribution >= 4 is 23.2 Å². The van der Waals surface area contributed by atoms with Crippen LogP contribution in [-0.4, -0.2) is 36.9 Å². The molecule has 1 atom stereocenters. The van der Waals surface area contributed by atoms with Gasteiger partial charge in [0.2, 0.25) is 5.91 Å². The quantitative estimate of drug-likeness (QED) is 0.657. The van der Waals surface area contributed by atoms with E-state index in [2.05, 4.69) is 33.6 Å². The summed E-state index contributed by atoms with van der Waals surface area (Å²) in [6, 6.07) is 2.13. The lowest BCUT2D eigenvalue weighted by molar-refractivity contribution is -0.119. The summed E-state index contributed by atoms with van der Waals surface area (Å²) in [5, 5.41) is 5.54. The van der Waals surface area contributed by atoms with Gasteiger partial charge in [0.25, 0.3) is 0 Å². The lowest BCUT2D eigenvalue weighted by Gasteiger charge is -2.34. The Labute approximate surface area is 130 Å². The predicted molar refractivity (Wildman–Crippen MR) is 87.4 cm³/mol. The van der Waals surface area contributed by atoms with Gasteiger partial charge in [0, 0.05) is 31.4 Å². The second-order valence-electron chi connectivity index (χ2n) is 5.55. The summed E-state index contributed by atoms with van der Waals surface area (Å²) in [6.45, 7) is 4.76. The lowest BCUT2D eigenvalue weighted by Crippen LogP contribution is -2.46. The average Bonchev–Trinajstić information content (AvgIpc) is 2.85. The Bertz CT molecular complexity index is 512. The van der Waals surface area contributed by atoms with E-state index in [-0.39, 0.29) is 5.91 Å². The zero-order valence-electron chi connectivity index (χ0n) is 12.8. The summed E-state index contributed by atoms with van der Waals surface area (Å²) in [4.78, 5) is 19.0. The second-order valence-corrected chi connectivity index (χ2v) is 6.55. The predicted octanol–water partition coefficient (Wildman–Crippen LogP) is 1.72. The normalized spacial score (nSPS) is 19.6. The monoisotopic (exact) mass is 308 g/mol. The minimum atomic E-state index is -0.209. The van der Waals surface area contributed by atoms with Crippen LogP contribution in [-0.2, 0) is 11.3 Å². The summed E-state index contributed by atoms with van der Waals surface area (Å²) < 4.78 is 0. The van der Waals surface area contributed by atoms with E-state index in [1.165, 1.54) is 10.4 Å². The Balaban J connectivity index is 1.91. The number of rotatable bonds is 4. The van der Waals surface area contributed by atoms with Gasteiger partial charge in [-0.05, 0) is 42.7 Å². The molecule has 2 heterocycles. The number of hydrogen-bond acceptors (Lipinski definition) is 3. The molecule has 1 unspecified atom stereocenters. The highest BCUT2D eigenvalue weighted by Gasteiger charge is 2.23. The molecule has 1 aliphatic rings. The largest absolute Gasteiger partial charge is 0.370 e. The van der Waals surface area contributed by atoms with Gasteiger partial charge in [-0.15, -0.1) is 11.3 Å². The number of primary amides is 1. The van der Waals surface area contributed by atoms with Crippen molar-refractivity contribution in [2.75, 3.05) is 20.1 Å². The number of likely N-dealkylation sites (tertiary alicyclic amines) is 1. The van der Waals surface area contributed by atoms with Crippen molar-refractivity contribution in [3.63, 3.8) is 0 Å². The van der Waals surface area contributed by atoms with E-state index in [1.807, 2.05) is 0 Å². The van der Waals surface area contributed by atoms with E-state index < -0.39 is 0 Å². The molecule has 3 N–H and O–H groups in total. The van der Waals surface area contributed by atoms with Crippen molar-refractivity contribution < 1.29 is 4.79 Å². The summed E-state index contributed by atoms with van der Waals surface area (Å²) in [5.74, 6) is 1.05. The topological polar surface area (TPSA) is 70.7 Å². The molecule has 116 valence electrons. The van der Waals surface area contributed by atoms with Crippen LogP contribution in [0.3, 0.4) is 0 Å². The number of nitrogens with one attached hydrogen (secondary N) is 1. The van der Waals surface area contributed by atoms with Crippen LogP contribution in [0, 0.1) is 12.8 Å². The number of nitrogens with zero attached hydrogens (tertiary/aromatic N) is 2. The third-order valence-corrected chi connectivity index (χ3v) is 4.92. The van der Waals surface area contributed by atoms with E-state index in [0.29, 0.717) is 12.3 Å². The van der Waals surface area contributed by atoms with Crippen LogP contribution in [0.5, 0.6) is 0 Å². The first kappa shape index (κ1) is 15.8. The van der Waals surface area contributed by atoms with Gasteiger partial charge in [-0.2, -0.15) is 0 Å². The zero-order valence-corrected chi connectivity index (χ0v) is 13.6. The van der Waals surface area contributed by atoms with Crippen molar-refractivity contribution in [1.82, 2.24) is 10.2 Å². The van der Waals surface area contributed by atoms with Gasteiger partial charge in [-0.1, -0.05) is 0 Å². The number of amides is 1. The van der Waals surface area contributed by atoms with Crippen molar-refractivity contribution in [2.24, 2.45) is 16.6 Å². The molecule has 0 bridgehead atoms. The fourth-order valence-corrected chi connectivity index (χ4v) is 3.63. The maximum Gasteiger partial charge on any atom is 0.217 e. The highest BCUT2D eigenvalue weighted by molar-refractivity contribution is 7.10. The van der Waals surface area contributed by atoms with E-state index in [4.69, 9.17) is 5.73 Å². The Morgan fingerprint density at radius 1 is 1.62 bits per heavy atom. The molecule has 1 amide bonds.